The molecule has 6 nitrogen and oxygen atoms in total. The van der Waals surface area contributed by atoms with Gasteiger partial charge >= 0.3 is 5.97 Å². The van der Waals surface area contributed by atoms with Crippen LogP contribution in [0.25, 0.3) is 0 Å². The first-order chi connectivity index (χ1) is 13.5. The molecule has 1 amide bonds. The van der Waals surface area contributed by atoms with E-state index < -0.39 is 17.7 Å². The van der Waals surface area contributed by atoms with Crippen LogP contribution in [-0.4, -0.2) is 35.9 Å². The predicted molar refractivity (Wildman–Crippen MR) is 109 cm³/mol. The van der Waals surface area contributed by atoms with Gasteiger partial charge in [0.05, 0.1) is 6.61 Å². The van der Waals surface area contributed by atoms with Crippen molar-refractivity contribution < 1.29 is 24.2 Å². The topological polar surface area (TPSA) is 92.7 Å². The van der Waals surface area contributed by atoms with Gasteiger partial charge in [0.1, 0.15) is 5.75 Å². The highest BCUT2D eigenvalue weighted by Crippen LogP contribution is 2.15. The number of carboxylic acid groups (broad SMARTS) is 1. The zero-order valence-electron chi connectivity index (χ0n) is 16.9. The summed E-state index contributed by atoms with van der Waals surface area (Å²) in [7, 11) is 0. The smallest absolute Gasteiger partial charge is 0.303 e. The number of nitrogens with one attached hydrogen (secondary N) is 1. The highest BCUT2D eigenvalue weighted by Gasteiger charge is 2.12. The maximum Gasteiger partial charge on any atom is 0.303 e. The van der Waals surface area contributed by atoms with Gasteiger partial charge in [-0.15, -0.1) is 0 Å². The molecule has 0 bridgehead atoms. The second-order valence-electron chi connectivity index (χ2n) is 6.94. The van der Waals surface area contributed by atoms with Crippen LogP contribution in [0.2, 0.25) is 0 Å². The number of ketones is 1. The summed E-state index contributed by atoms with van der Waals surface area (Å²) in [5, 5.41) is 11.0. The summed E-state index contributed by atoms with van der Waals surface area (Å²) < 4.78 is 5.72. The Bertz CT molecular complexity index is 597. The molecule has 0 aliphatic heterocycles. The zero-order chi connectivity index (χ0) is 20.6. The maximum atomic E-state index is 11.7. The minimum atomic E-state index is -0.910. The largest absolute Gasteiger partial charge is 0.494 e. The number of hydrogen-bond acceptors (Lipinski definition) is 4. The van der Waals surface area contributed by atoms with E-state index in [4.69, 9.17) is 9.84 Å². The number of carbonyl (C=O) groups is 3. The van der Waals surface area contributed by atoms with Crippen molar-refractivity contribution in [2.24, 2.45) is 0 Å². The molecule has 1 rings (SSSR count). The quantitative estimate of drug-likeness (QED) is 0.329. The molecule has 0 spiro atoms. The number of unbranched alkanes of at least 4 members (excludes halogenated alkanes) is 4. The van der Waals surface area contributed by atoms with Gasteiger partial charge < -0.3 is 15.2 Å². The molecule has 0 unspecified atom stereocenters. The molecule has 2 N–H and O–H groups in total. The van der Waals surface area contributed by atoms with Gasteiger partial charge in [-0.05, 0) is 49.8 Å². The van der Waals surface area contributed by atoms with Gasteiger partial charge in [-0.2, -0.15) is 0 Å². The molecule has 0 aliphatic carbocycles. The number of rotatable bonds is 16. The van der Waals surface area contributed by atoms with Crippen molar-refractivity contribution in [3.8, 4) is 5.75 Å². The second-order valence-corrected chi connectivity index (χ2v) is 6.94. The Balaban J connectivity index is 2.13. The fraction of sp³-hybridized carbons (Fsp3) is 0.591. The molecule has 0 saturated carbocycles. The van der Waals surface area contributed by atoms with Crippen molar-refractivity contribution >= 4 is 17.7 Å². The Kier molecular flexibility index (Phi) is 12.4. The molecule has 1 aromatic rings. The Morgan fingerprint density at radius 1 is 0.929 bits per heavy atom. The Labute approximate surface area is 167 Å². The van der Waals surface area contributed by atoms with Gasteiger partial charge in [0.15, 0.2) is 0 Å². The van der Waals surface area contributed by atoms with Crippen LogP contribution in [0.15, 0.2) is 24.3 Å². The lowest BCUT2D eigenvalue weighted by Crippen LogP contribution is -2.31. The summed E-state index contributed by atoms with van der Waals surface area (Å²) in [5.74, 6) is -1.09. The van der Waals surface area contributed by atoms with E-state index in [-0.39, 0.29) is 19.4 Å². The third kappa shape index (κ3) is 11.4. The minimum absolute atomic E-state index is 0.0167. The van der Waals surface area contributed by atoms with Crippen LogP contribution < -0.4 is 10.1 Å². The monoisotopic (exact) mass is 391 g/mol. The lowest BCUT2D eigenvalue weighted by Gasteiger charge is -2.07. The van der Waals surface area contributed by atoms with E-state index in [0.29, 0.717) is 12.8 Å². The van der Waals surface area contributed by atoms with Crippen LogP contribution in [0.1, 0.15) is 70.3 Å². The van der Waals surface area contributed by atoms with Crippen molar-refractivity contribution in [3.05, 3.63) is 29.8 Å². The summed E-state index contributed by atoms with van der Waals surface area (Å²) in [6, 6.07) is 8.03. The average molecular weight is 392 g/mol. The molecule has 156 valence electrons. The van der Waals surface area contributed by atoms with E-state index in [1.165, 1.54) is 24.8 Å². The molecular formula is C22H33NO5. The van der Waals surface area contributed by atoms with Gasteiger partial charge in [-0.25, -0.2) is 0 Å². The number of Topliss-reactive ketones (excluding diaryl/α,β-unsaturated/α-hetero) is 1. The van der Waals surface area contributed by atoms with Crippen LogP contribution in [0.3, 0.4) is 0 Å². The van der Waals surface area contributed by atoms with Crippen molar-refractivity contribution in [3.63, 3.8) is 0 Å². The van der Waals surface area contributed by atoms with Gasteiger partial charge in [0.2, 0.25) is 5.78 Å². The molecule has 0 aliphatic rings. The van der Waals surface area contributed by atoms with Crippen molar-refractivity contribution in [2.75, 3.05) is 13.2 Å². The number of aliphatic carboxylic acids is 1. The maximum absolute atomic E-state index is 11.7. The zero-order valence-corrected chi connectivity index (χ0v) is 16.9. The van der Waals surface area contributed by atoms with Gasteiger partial charge in [0, 0.05) is 19.4 Å². The Morgan fingerprint density at radius 3 is 2.36 bits per heavy atom. The SMILES string of the molecule is CCCCCCOc1ccc(CCCCC(=O)C(=O)NCCCC(=O)O)cc1. The molecule has 0 saturated heterocycles. The summed E-state index contributed by atoms with van der Waals surface area (Å²) in [6.07, 6.45) is 7.60. The van der Waals surface area contributed by atoms with E-state index in [1.807, 2.05) is 24.3 Å². The Morgan fingerprint density at radius 2 is 1.68 bits per heavy atom. The van der Waals surface area contributed by atoms with E-state index in [0.717, 1.165) is 31.6 Å². The number of amides is 1. The first-order valence-electron chi connectivity index (χ1n) is 10.3. The number of aryl methyl sites for hydroxylation is 1. The predicted octanol–water partition coefficient (Wildman–Crippen LogP) is 3.91. The second kappa shape index (κ2) is 14.7. The lowest BCUT2D eigenvalue weighted by atomic mass is 10.1. The number of carboxylic acids is 1. The van der Waals surface area contributed by atoms with Gasteiger partial charge in [-0.1, -0.05) is 38.3 Å². The third-order valence-electron chi connectivity index (χ3n) is 4.42. The van der Waals surface area contributed by atoms with Crippen LogP contribution in [0.4, 0.5) is 0 Å². The lowest BCUT2D eigenvalue weighted by molar-refractivity contribution is -0.138. The molecule has 0 atom stereocenters. The van der Waals surface area contributed by atoms with Crippen molar-refractivity contribution in [1.29, 1.82) is 0 Å². The molecule has 6 heteroatoms. The molecule has 0 aromatic heterocycles. The summed E-state index contributed by atoms with van der Waals surface area (Å²) in [5.41, 5.74) is 1.18. The van der Waals surface area contributed by atoms with E-state index in [2.05, 4.69) is 12.2 Å². The van der Waals surface area contributed by atoms with Crippen LogP contribution in [0, 0.1) is 0 Å². The minimum Gasteiger partial charge on any atom is -0.494 e. The van der Waals surface area contributed by atoms with Crippen LogP contribution in [-0.2, 0) is 20.8 Å². The van der Waals surface area contributed by atoms with Crippen LogP contribution >= 0.6 is 0 Å². The number of benzene rings is 1. The van der Waals surface area contributed by atoms with E-state index in [1.54, 1.807) is 0 Å². The van der Waals surface area contributed by atoms with Crippen molar-refractivity contribution in [1.82, 2.24) is 5.32 Å². The molecule has 1 aromatic carbocycles. The number of carbonyl (C=O) groups excluding carboxylic acids is 2. The standard InChI is InChI=1S/C22H33NO5/c1-2-3-4-7-17-28-19-14-12-18(13-15-19)9-5-6-10-20(24)22(27)23-16-8-11-21(25)26/h12-15H,2-11,16-17H2,1H3,(H,23,27)(H,25,26). The number of ether oxygens (including phenoxy) is 1. The fourth-order valence-electron chi connectivity index (χ4n) is 2.74. The first-order valence-corrected chi connectivity index (χ1v) is 10.3. The summed E-state index contributed by atoms with van der Waals surface area (Å²) in [4.78, 5) is 33.7. The molecule has 0 heterocycles. The van der Waals surface area contributed by atoms with Crippen LogP contribution in [0.5, 0.6) is 5.75 Å². The summed E-state index contributed by atoms with van der Waals surface area (Å²) in [6.45, 7) is 3.15. The molecular weight excluding hydrogens is 358 g/mol. The average Bonchev–Trinajstić information content (AvgIpc) is 2.69. The first kappa shape index (κ1) is 23.7. The molecule has 28 heavy (non-hydrogen) atoms. The van der Waals surface area contributed by atoms with Gasteiger partial charge in [-0.3, -0.25) is 14.4 Å². The Hall–Kier alpha value is -2.37. The molecule has 0 radical (unpaired) electrons. The highest BCUT2D eigenvalue weighted by atomic mass is 16.5. The molecule has 0 fully saturated rings. The van der Waals surface area contributed by atoms with E-state index in [9.17, 15) is 14.4 Å². The van der Waals surface area contributed by atoms with Gasteiger partial charge in [0.25, 0.3) is 5.91 Å². The summed E-state index contributed by atoms with van der Waals surface area (Å²) >= 11 is 0. The van der Waals surface area contributed by atoms with Crippen molar-refractivity contribution in [2.45, 2.75) is 71.1 Å². The third-order valence-corrected chi connectivity index (χ3v) is 4.42. The normalized spacial score (nSPS) is 10.5. The van der Waals surface area contributed by atoms with E-state index >= 15 is 0 Å². The number of hydrogen-bond donors (Lipinski definition) is 2. The highest BCUT2D eigenvalue weighted by molar-refractivity contribution is 6.36. The fourth-order valence-corrected chi connectivity index (χ4v) is 2.74.